The van der Waals surface area contributed by atoms with E-state index in [4.69, 9.17) is 21.8 Å². The van der Waals surface area contributed by atoms with Gasteiger partial charge in [-0.3, -0.25) is 0 Å². The first kappa shape index (κ1) is 11.5. The minimum atomic E-state index is -2.97. The SMILES string of the molecule is O=C(O)C(O)(C(=O)O)c1cccc(Cl)c1. The zero-order valence-corrected chi connectivity index (χ0v) is 8.10. The average Bonchev–Trinajstić information content (AvgIpc) is 2.15. The number of rotatable bonds is 3. The third kappa shape index (κ3) is 1.93. The van der Waals surface area contributed by atoms with Crippen molar-refractivity contribution < 1.29 is 24.9 Å². The lowest BCUT2D eigenvalue weighted by Crippen LogP contribution is -2.43. The highest BCUT2D eigenvalue weighted by Gasteiger charge is 2.46. The molecule has 1 aromatic rings. The van der Waals surface area contributed by atoms with Gasteiger partial charge in [0.25, 0.3) is 5.60 Å². The summed E-state index contributed by atoms with van der Waals surface area (Å²) in [6.45, 7) is 0. The summed E-state index contributed by atoms with van der Waals surface area (Å²) in [4.78, 5) is 21.4. The van der Waals surface area contributed by atoms with Gasteiger partial charge in [-0.2, -0.15) is 0 Å². The first-order valence-electron chi connectivity index (χ1n) is 3.84. The molecule has 0 aromatic heterocycles. The maximum Gasteiger partial charge on any atom is 0.352 e. The van der Waals surface area contributed by atoms with Gasteiger partial charge in [-0.25, -0.2) is 9.59 Å². The molecule has 0 bridgehead atoms. The number of hydrogen-bond acceptors (Lipinski definition) is 3. The van der Waals surface area contributed by atoms with Crippen LogP contribution in [0, 0.1) is 0 Å². The number of hydrogen-bond donors (Lipinski definition) is 3. The van der Waals surface area contributed by atoms with Crippen molar-refractivity contribution in [2.45, 2.75) is 5.60 Å². The van der Waals surface area contributed by atoms with Crippen LogP contribution in [0.25, 0.3) is 0 Å². The van der Waals surface area contributed by atoms with Gasteiger partial charge in [0.1, 0.15) is 0 Å². The molecular weight excluding hydrogens is 224 g/mol. The molecule has 15 heavy (non-hydrogen) atoms. The molecule has 0 aliphatic rings. The van der Waals surface area contributed by atoms with Crippen LogP contribution < -0.4 is 0 Å². The summed E-state index contributed by atoms with van der Waals surface area (Å²) < 4.78 is 0. The lowest BCUT2D eigenvalue weighted by Gasteiger charge is -2.18. The monoisotopic (exact) mass is 230 g/mol. The highest BCUT2D eigenvalue weighted by atomic mass is 35.5. The van der Waals surface area contributed by atoms with Crippen LogP contribution in [0.15, 0.2) is 24.3 Å². The van der Waals surface area contributed by atoms with Gasteiger partial charge < -0.3 is 15.3 Å². The lowest BCUT2D eigenvalue weighted by molar-refractivity contribution is -0.177. The second-order valence-electron chi connectivity index (χ2n) is 2.83. The van der Waals surface area contributed by atoms with Gasteiger partial charge in [-0.1, -0.05) is 23.7 Å². The zero-order chi connectivity index (χ0) is 11.6. The molecule has 6 heteroatoms. The summed E-state index contributed by atoms with van der Waals surface area (Å²) in [6.07, 6.45) is 0. The van der Waals surface area contributed by atoms with Crippen molar-refractivity contribution in [1.82, 2.24) is 0 Å². The molecular formula is C9H7ClO5. The molecule has 1 rings (SSSR count). The van der Waals surface area contributed by atoms with Gasteiger partial charge in [-0.05, 0) is 12.1 Å². The van der Waals surface area contributed by atoms with Crippen molar-refractivity contribution >= 4 is 23.5 Å². The fourth-order valence-electron chi connectivity index (χ4n) is 1.05. The second-order valence-corrected chi connectivity index (χ2v) is 3.27. The zero-order valence-electron chi connectivity index (χ0n) is 7.35. The van der Waals surface area contributed by atoms with Crippen molar-refractivity contribution in [3.63, 3.8) is 0 Å². The maximum atomic E-state index is 10.7. The minimum Gasteiger partial charge on any atom is -0.478 e. The van der Waals surface area contributed by atoms with Crippen LogP contribution in [0.2, 0.25) is 5.02 Å². The van der Waals surface area contributed by atoms with Gasteiger partial charge in [0.15, 0.2) is 0 Å². The van der Waals surface area contributed by atoms with E-state index in [1.807, 2.05) is 0 Å². The number of carboxylic acid groups (broad SMARTS) is 2. The second kappa shape index (κ2) is 3.88. The van der Waals surface area contributed by atoms with Crippen molar-refractivity contribution in [2.75, 3.05) is 0 Å². The summed E-state index contributed by atoms with van der Waals surface area (Å²) in [5, 5.41) is 27.0. The number of aliphatic carboxylic acids is 2. The van der Waals surface area contributed by atoms with Crippen LogP contribution >= 0.6 is 11.6 Å². The number of aliphatic hydroxyl groups is 1. The van der Waals surface area contributed by atoms with E-state index in [2.05, 4.69) is 0 Å². The Morgan fingerprint density at radius 3 is 2.13 bits per heavy atom. The largest absolute Gasteiger partial charge is 0.478 e. The van der Waals surface area contributed by atoms with Gasteiger partial charge in [0.05, 0.1) is 0 Å². The molecule has 0 unspecified atom stereocenters. The molecule has 0 atom stereocenters. The molecule has 0 saturated heterocycles. The molecule has 80 valence electrons. The van der Waals surface area contributed by atoms with E-state index in [1.54, 1.807) is 0 Å². The highest BCUT2D eigenvalue weighted by Crippen LogP contribution is 2.24. The maximum absolute atomic E-state index is 10.7. The van der Waals surface area contributed by atoms with Crippen LogP contribution in [-0.2, 0) is 15.2 Å². The lowest BCUT2D eigenvalue weighted by atomic mass is 9.94. The Hall–Kier alpha value is -1.59. The smallest absolute Gasteiger partial charge is 0.352 e. The third-order valence-corrected chi connectivity index (χ3v) is 2.10. The van der Waals surface area contributed by atoms with Gasteiger partial charge in [-0.15, -0.1) is 0 Å². The number of carbonyl (C=O) groups is 2. The molecule has 0 saturated carbocycles. The summed E-state index contributed by atoms with van der Waals surface area (Å²) in [5.74, 6) is -3.73. The first-order valence-corrected chi connectivity index (χ1v) is 4.22. The minimum absolute atomic E-state index is 0.147. The van der Waals surface area contributed by atoms with E-state index >= 15 is 0 Å². The van der Waals surface area contributed by atoms with E-state index in [0.717, 1.165) is 6.07 Å². The Morgan fingerprint density at radius 1 is 1.20 bits per heavy atom. The standard InChI is InChI=1S/C9H7ClO5/c10-6-3-1-2-5(4-6)9(15,7(11)12)8(13)14/h1-4,15H,(H,11,12)(H,13,14). The summed E-state index contributed by atoms with van der Waals surface area (Å²) >= 11 is 5.56. The Kier molecular flexibility index (Phi) is 2.97. The van der Waals surface area contributed by atoms with Crippen LogP contribution in [0.4, 0.5) is 0 Å². The van der Waals surface area contributed by atoms with E-state index in [-0.39, 0.29) is 10.6 Å². The number of carboxylic acids is 2. The Labute approximate surface area is 89.5 Å². The predicted octanol–water partition coefficient (Wildman–Crippen LogP) is 0.697. The number of benzene rings is 1. The quantitative estimate of drug-likeness (QED) is 0.665. The summed E-state index contributed by atoms with van der Waals surface area (Å²) in [6, 6.07) is 5.06. The Bertz CT molecular complexity index is 401. The molecule has 0 aliphatic heterocycles. The molecule has 5 nitrogen and oxygen atoms in total. The van der Waals surface area contributed by atoms with Gasteiger partial charge >= 0.3 is 11.9 Å². The van der Waals surface area contributed by atoms with E-state index in [1.165, 1.54) is 18.2 Å². The average molecular weight is 231 g/mol. The molecule has 0 amide bonds. The number of halogens is 1. The van der Waals surface area contributed by atoms with E-state index < -0.39 is 17.5 Å². The van der Waals surface area contributed by atoms with Crippen molar-refractivity contribution in [3.8, 4) is 0 Å². The normalized spacial score (nSPS) is 11.1. The van der Waals surface area contributed by atoms with Crippen LogP contribution in [0.5, 0.6) is 0 Å². The van der Waals surface area contributed by atoms with Crippen LogP contribution in [-0.4, -0.2) is 27.3 Å². The molecule has 0 fully saturated rings. The van der Waals surface area contributed by atoms with E-state index in [0.29, 0.717) is 0 Å². The van der Waals surface area contributed by atoms with Crippen molar-refractivity contribution in [2.24, 2.45) is 0 Å². The highest BCUT2D eigenvalue weighted by molar-refractivity contribution is 6.30. The van der Waals surface area contributed by atoms with Crippen molar-refractivity contribution in [1.29, 1.82) is 0 Å². The Morgan fingerprint density at radius 2 is 1.73 bits per heavy atom. The fourth-order valence-corrected chi connectivity index (χ4v) is 1.24. The molecule has 1 aromatic carbocycles. The molecule has 0 radical (unpaired) electrons. The van der Waals surface area contributed by atoms with Gasteiger partial charge in [0, 0.05) is 10.6 Å². The van der Waals surface area contributed by atoms with Crippen molar-refractivity contribution in [3.05, 3.63) is 34.9 Å². The van der Waals surface area contributed by atoms with Crippen LogP contribution in [0.3, 0.4) is 0 Å². The predicted molar refractivity (Wildman–Crippen MR) is 50.6 cm³/mol. The van der Waals surface area contributed by atoms with E-state index in [9.17, 15) is 14.7 Å². The molecule has 3 N–H and O–H groups in total. The summed E-state index contributed by atoms with van der Waals surface area (Å²) in [5.41, 5.74) is -3.26. The summed E-state index contributed by atoms with van der Waals surface area (Å²) in [7, 11) is 0. The van der Waals surface area contributed by atoms with Crippen LogP contribution in [0.1, 0.15) is 5.56 Å². The van der Waals surface area contributed by atoms with Gasteiger partial charge in [0.2, 0.25) is 0 Å². The molecule has 0 spiro atoms. The third-order valence-electron chi connectivity index (χ3n) is 1.86. The molecule has 0 aliphatic carbocycles. The Balaban J connectivity index is 3.34. The topological polar surface area (TPSA) is 94.8 Å². The first-order chi connectivity index (χ1) is 6.89. The molecule has 0 heterocycles. The fraction of sp³-hybridized carbons (Fsp3) is 0.111.